The Morgan fingerprint density at radius 2 is 1.90 bits per heavy atom. The first-order valence-electron chi connectivity index (χ1n) is 6.45. The first-order chi connectivity index (χ1) is 10.2. The number of ether oxygens (including phenoxy) is 1. The summed E-state index contributed by atoms with van der Waals surface area (Å²) in [6, 6.07) is 11.6. The van der Waals surface area contributed by atoms with Crippen LogP contribution in [0.25, 0.3) is 0 Å². The summed E-state index contributed by atoms with van der Waals surface area (Å²) >= 11 is 5.78. The molecule has 0 aliphatic carbocycles. The second-order valence-electron chi connectivity index (χ2n) is 4.32. The fourth-order valence-electron chi connectivity index (χ4n) is 1.65. The Hall–Kier alpha value is -2.02. The van der Waals surface area contributed by atoms with Crippen molar-refractivity contribution in [2.45, 2.75) is 13.0 Å². The third-order valence-electron chi connectivity index (χ3n) is 2.73. The number of aliphatic hydroxyl groups excluding tert-OH is 1. The van der Waals surface area contributed by atoms with E-state index in [-0.39, 0.29) is 19.0 Å². The molecule has 2 nitrogen and oxygen atoms in total. The van der Waals surface area contributed by atoms with Crippen LogP contribution in [0.15, 0.2) is 42.5 Å². The lowest BCUT2D eigenvalue weighted by Crippen LogP contribution is -1.98. The van der Waals surface area contributed by atoms with E-state index >= 15 is 0 Å². The summed E-state index contributed by atoms with van der Waals surface area (Å²) in [5, 5.41) is 9.26. The van der Waals surface area contributed by atoms with E-state index in [1.165, 1.54) is 6.07 Å². The van der Waals surface area contributed by atoms with Gasteiger partial charge in [0.2, 0.25) is 0 Å². The van der Waals surface area contributed by atoms with Crippen molar-refractivity contribution < 1.29 is 14.2 Å². The molecule has 2 aromatic carbocycles. The molecule has 0 aliphatic heterocycles. The Labute approximate surface area is 128 Å². The lowest BCUT2D eigenvalue weighted by atomic mass is 10.1. The van der Waals surface area contributed by atoms with Crippen LogP contribution >= 0.6 is 11.6 Å². The lowest BCUT2D eigenvalue weighted by Gasteiger charge is -2.07. The van der Waals surface area contributed by atoms with Gasteiger partial charge in [-0.3, -0.25) is 0 Å². The predicted molar refractivity (Wildman–Crippen MR) is 80.8 cm³/mol. The van der Waals surface area contributed by atoms with Crippen LogP contribution in [-0.4, -0.2) is 11.7 Å². The topological polar surface area (TPSA) is 29.5 Å². The second-order valence-corrected chi connectivity index (χ2v) is 4.76. The normalized spacial score (nSPS) is 9.86. The van der Waals surface area contributed by atoms with Crippen molar-refractivity contribution in [2.75, 3.05) is 6.61 Å². The van der Waals surface area contributed by atoms with Gasteiger partial charge in [0.1, 0.15) is 18.2 Å². The summed E-state index contributed by atoms with van der Waals surface area (Å²) in [4.78, 5) is 0. The molecule has 0 heterocycles. The molecule has 0 bridgehead atoms. The van der Waals surface area contributed by atoms with Crippen molar-refractivity contribution in [3.05, 3.63) is 64.4 Å². The molecule has 0 spiro atoms. The Morgan fingerprint density at radius 3 is 2.57 bits per heavy atom. The average molecular weight is 305 g/mol. The summed E-state index contributed by atoms with van der Waals surface area (Å²) in [5.41, 5.74) is 1.04. The third kappa shape index (κ3) is 4.78. The van der Waals surface area contributed by atoms with Crippen LogP contribution in [0.2, 0.25) is 5.02 Å². The van der Waals surface area contributed by atoms with Crippen LogP contribution in [0, 0.1) is 17.7 Å². The van der Waals surface area contributed by atoms with Crippen LogP contribution < -0.4 is 4.74 Å². The summed E-state index contributed by atoms with van der Waals surface area (Å²) in [6.07, 6.45) is 0.378. The molecular formula is C17H14ClFO2. The Balaban J connectivity index is 2.01. The van der Waals surface area contributed by atoms with Crippen LogP contribution in [0.1, 0.15) is 17.5 Å². The minimum Gasteiger partial charge on any atom is -0.489 e. The molecular weight excluding hydrogens is 291 g/mol. The number of hydrogen-bond donors (Lipinski definition) is 1. The quantitative estimate of drug-likeness (QED) is 0.871. The number of rotatable bonds is 4. The summed E-state index contributed by atoms with van der Waals surface area (Å²) in [7, 11) is 0. The molecule has 108 valence electrons. The highest BCUT2D eigenvalue weighted by molar-refractivity contribution is 6.30. The van der Waals surface area contributed by atoms with Gasteiger partial charge in [-0.2, -0.15) is 0 Å². The monoisotopic (exact) mass is 304 g/mol. The van der Waals surface area contributed by atoms with Gasteiger partial charge in [-0.1, -0.05) is 29.5 Å². The maximum atomic E-state index is 13.9. The molecule has 1 N–H and O–H groups in total. The van der Waals surface area contributed by atoms with E-state index < -0.39 is 0 Å². The van der Waals surface area contributed by atoms with E-state index in [9.17, 15) is 4.39 Å². The number of hydrogen-bond acceptors (Lipinski definition) is 2. The number of benzene rings is 2. The van der Waals surface area contributed by atoms with Crippen molar-refractivity contribution in [2.24, 2.45) is 0 Å². The van der Waals surface area contributed by atoms with E-state index in [1.807, 2.05) is 0 Å². The molecule has 21 heavy (non-hydrogen) atoms. The minimum absolute atomic E-state index is 0.00248. The van der Waals surface area contributed by atoms with Crippen LogP contribution in [-0.2, 0) is 6.61 Å². The third-order valence-corrected chi connectivity index (χ3v) is 2.98. The number of aliphatic hydroxyl groups is 1. The SMILES string of the molecule is OCCC#Cc1ccc(COc2ccc(Cl)cc2)c(F)c1. The molecule has 0 saturated carbocycles. The maximum absolute atomic E-state index is 13.9. The van der Waals surface area contributed by atoms with E-state index in [4.69, 9.17) is 21.4 Å². The molecule has 0 atom stereocenters. The van der Waals surface area contributed by atoms with Gasteiger partial charge in [0.15, 0.2) is 0 Å². The molecule has 0 aliphatic rings. The lowest BCUT2D eigenvalue weighted by molar-refractivity contribution is 0.300. The zero-order chi connectivity index (χ0) is 15.1. The molecule has 2 rings (SSSR count). The van der Waals surface area contributed by atoms with Crippen molar-refractivity contribution in [1.29, 1.82) is 0 Å². The molecule has 4 heteroatoms. The van der Waals surface area contributed by atoms with E-state index in [0.717, 1.165) is 0 Å². The standard InChI is InChI=1S/C17H14ClFO2/c18-15-6-8-16(9-7-15)21-12-14-5-4-13(11-17(14)19)3-1-2-10-20/h4-9,11,20H,2,10,12H2. The largest absolute Gasteiger partial charge is 0.489 e. The molecule has 0 aromatic heterocycles. The minimum atomic E-state index is -0.361. The molecule has 0 fully saturated rings. The van der Waals surface area contributed by atoms with Gasteiger partial charge < -0.3 is 9.84 Å². The Bertz CT molecular complexity index is 657. The highest BCUT2D eigenvalue weighted by atomic mass is 35.5. The fourth-order valence-corrected chi connectivity index (χ4v) is 1.78. The Kier molecular flexibility index (Phi) is 5.62. The van der Waals surface area contributed by atoms with Crippen LogP contribution in [0.3, 0.4) is 0 Å². The van der Waals surface area contributed by atoms with Crippen LogP contribution in [0.4, 0.5) is 4.39 Å². The van der Waals surface area contributed by atoms with Gasteiger partial charge in [0.05, 0.1) is 6.61 Å². The van der Waals surface area contributed by atoms with Crippen LogP contribution in [0.5, 0.6) is 5.75 Å². The molecule has 0 radical (unpaired) electrons. The van der Waals surface area contributed by atoms with E-state index in [1.54, 1.807) is 36.4 Å². The first-order valence-corrected chi connectivity index (χ1v) is 6.83. The van der Waals surface area contributed by atoms with Crippen molar-refractivity contribution >= 4 is 11.6 Å². The predicted octanol–water partition coefficient (Wildman–Crippen LogP) is 3.79. The molecule has 0 saturated heterocycles. The van der Waals surface area contributed by atoms with E-state index in [0.29, 0.717) is 28.3 Å². The molecule has 2 aromatic rings. The summed E-state index contributed by atoms with van der Waals surface area (Å²) in [6.45, 7) is 0.139. The van der Waals surface area contributed by atoms with Crippen molar-refractivity contribution in [1.82, 2.24) is 0 Å². The van der Waals surface area contributed by atoms with Gasteiger partial charge in [-0.05, 0) is 36.4 Å². The number of halogens is 2. The molecule has 0 amide bonds. The maximum Gasteiger partial charge on any atom is 0.131 e. The summed E-state index contributed by atoms with van der Waals surface area (Å²) in [5.74, 6) is 5.81. The Morgan fingerprint density at radius 1 is 1.14 bits per heavy atom. The average Bonchev–Trinajstić information content (AvgIpc) is 2.48. The molecule has 0 unspecified atom stereocenters. The second kappa shape index (κ2) is 7.68. The van der Waals surface area contributed by atoms with Gasteiger partial charge in [0.25, 0.3) is 0 Å². The highest BCUT2D eigenvalue weighted by Gasteiger charge is 2.04. The van der Waals surface area contributed by atoms with Crippen molar-refractivity contribution in [3.8, 4) is 17.6 Å². The first kappa shape index (κ1) is 15.4. The van der Waals surface area contributed by atoms with E-state index in [2.05, 4.69) is 11.8 Å². The van der Waals surface area contributed by atoms with Gasteiger partial charge in [-0.25, -0.2) is 4.39 Å². The highest BCUT2D eigenvalue weighted by Crippen LogP contribution is 2.18. The summed E-state index contributed by atoms with van der Waals surface area (Å²) < 4.78 is 19.4. The smallest absolute Gasteiger partial charge is 0.131 e. The zero-order valence-electron chi connectivity index (χ0n) is 11.3. The zero-order valence-corrected chi connectivity index (χ0v) is 12.0. The van der Waals surface area contributed by atoms with Gasteiger partial charge >= 0.3 is 0 Å². The fraction of sp³-hybridized carbons (Fsp3) is 0.176. The van der Waals surface area contributed by atoms with Gasteiger partial charge in [-0.15, -0.1) is 0 Å². The van der Waals surface area contributed by atoms with Crippen molar-refractivity contribution in [3.63, 3.8) is 0 Å². The van der Waals surface area contributed by atoms with Gasteiger partial charge in [0, 0.05) is 22.6 Å².